The number of aliphatic hydroxyl groups is 1. The summed E-state index contributed by atoms with van der Waals surface area (Å²) in [4.78, 5) is 11.6. The van der Waals surface area contributed by atoms with E-state index in [-0.39, 0.29) is 12.2 Å². The molecule has 0 saturated carbocycles. The second kappa shape index (κ2) is 6.63. The largest absolute Gasteiger partial charge is 0.444 e. The molecule has 1 rings (SSSR count). The molecule has 1 unspecified atom stereocenters. The van der Waals surface area contributed by atoms with E-state index >= 15 is 0 Å². The average molecular weight is 277 g/mol. The topological polar surface area (TPSA) is 67.8 Å². The minimum atomic E-state index is -0.492. The lowest BCUT2D eigenvalue weighted by Gasteiger charge is -2.29. The van der Waals surface area contributed by atoms with Gasteiger partial charge in [-0.1, -0.05) is 0 Å². The molecule has 5 nitrogen and oxygen atoms in total. The molecule has 0 aromatic rings. The van der Waals surface area contributed by atoms with Gasteiger partial charge in [0.05, 0.1) is 25.4 Å². The number of hydrogen-bond acceptors (Lipinski definition) is 5. The third-order valence-electron chi connectivity index (χ3n) is 2.52. The van der Waals surface area contributed by atoms with E-state index < -0.39 is 11.7 Å². The van der Waals surface area contributed by atoms with Crippen LogP contribution in [0.5, 0.6) is 0 Å². The Bertz CT molecular complexity index is 272. The van der Waals surface area contributed by atoms with E-state index in [2.05, 4.69) is 5.32 Å². The van der Waals surface area contributed by atoms with Crippen molar-refractivity contribution >= 4 is 17.9 Å². The zero-order valence-electron chi connectivity index (χ0n) is 11.3. The Kier molecular flexibility index (Phi) is 5.75. The van der Waals surface area contributed by atoms with Gasteiger partial charge in [0, 0.05) is 5.75 Å². The van der Waals surface area contributed by atoms with Gasteiger partial charge in [0.15, 0.2) is 0 Å². The predicted octanol–water partition coefficient (Wildman–Crippen LogP) is 1.40. The first-order valence-corrected chi connectivity index (χ1v) is 7.32. The summed E-state index contributed by atoms with van der Waals surface area (Å²) in [7, 11) is 0. The highest BCUT2D eigenvalue weighted by atomic mass is 32.2. The van der Waals surface area contributed by atoms with Crippen molar-refractivity contribution in [2.45, 2.75) is 38.4 Å². The minimum Gasteiger partial charge on any atom is -0.444 e. The fourth-order valence-electron chi connectivity index (χ4n) is 1.70. The molecule has 106 valence electrons. The Hall–Kier alpha value is -0.460. The summed E-state index contributed by atoms with van der Waals surface area (Å²) in [6.07, 6.45) is 0.458. The summed E-state index contributed by atoms with van der Waals surface area (Å²) >= 11 is 1.80. The third kappa shape index (κ3) is 5.46. The van der Waals surface area contributed by atoms with Crippen LogP contribution in [0.2, 0.25) is 0 Å². The zero-order chi connectivity index (χ0) is 13.6. The Morgan fingerprint density at radius 3 is 2.72 bits per heavy atom. The van der Waals surface area contributed by atoms with Crippen LogP contribution in [0.4, 0.5) is 4.79 Å². The summed E-state index contributed by atoms with van der Waals surface area (Å²) in [5.41, 5.74) is -0.849. The Morgan fingerprint density at radius 2 is 2.22 bits per heavy atom. The number of carbonyl (C=O) groups excluding carboxylic acids is 1. The fourth-order valence-corrected chi connectivity index (χ4v) is 3.06. The molecular weight excluding hydrogens is 254 g/mol. The number of rotatable bonds is 5. The molecule has 0 spiro atoms. The number of carbonyl (C=O) groups is 1. The maximum atomic E-state index is 11.6. The van der Waals surface area contributed by atoms with E-state index in [1.807, 2.05) is 20.8 Å². The van der Waals surface area contributed by atoms with E-state index in [9.17, 15) is 4.79 Å². The van der Waals surface area contributed by atoms with Crippen molar-refractivity contribution in [1.29, 1.82) is 0 Å². The fraction of sp³-hybridized carbons (Fsp3) is 0.917. The number of hydrogen-bond donors (Lipinski definition) is 2. The molecule has 1 aliphatic rings. The molecule has 1 fully saturated rings. The van der Waals surface area contributed by atoms with Gasteiger partial charge in [-0.25, -0.2) is 4.79 Å². The monoisotopic (exact) mass is 277 g/mol. The molecule has 1 amide bonds. The molecule has 1 aliphatic heterocycles. The van der Waals surface area contributed by atoms with E-state index in [0.29, 0.717) is 13.2 Å². The smallest absolute Gasteiger partial charge is 0.407 e. The number of thioether (sulfide) groups is 1. The molecule has 1 heterocycles. The van der Waals surface area contributed by atoms with Gasteiger partial charge < -0.3 is 19.9 Å². The molecule has 0 aromatic heterocycles. The van der Waals surface area contributed by atoms with Crippen LogP contribution in [0, 0.1) is 0 Å². The van der Waals surface area contributed by atoms with Gasteiger partial charge in [-0.15, -0.1) is 0 Å². The maximum Gasteiger partial charge on any atom is 0.407 e. The van der Waals surface area contributed by atoms with Crippen LogP contribution >= 0.6 is 11.8 Å². The standard InChI is InChI=1S/C12H23NO4S/c1-11(2,3)17-10(15)13-8-12(16-6-5-14)4-7-18-9-12/h14H,4-9H2,1-3H3,(H,13,15). The lowest BCUT2D eigenvalue weighted by molar-refractivity contribution is -0.0402. The van der Waals surface area contributed by atoms with Gasteiger partial charge in [0.1, 0.15) is 5.60 Å². The third-order valence-corrected chi connectivity index (χ3v) is 3.74. The van der Waals surface area contributed by atoms with Crippen molar-refractivity contribution in [2.24, 2.45) is 0 Å². The van der Waals surface area contributed by atoms with Gasteiger partial charge >= 0.3 is 6.09 Å². The van der Waals surface area contributed by atoms with E-state index in [4.69, 9.17) is 14.6 Å². The van der Waals surface area contributed by atoms with Crippen LogP contribution in [0.1, 0.15) is 27.2 Å². The number of amides is 1. The molecule has 1 atom stereocenters. The molecule has 0 aliphatic carbocycles. The average Bonchev–Trinajstić information content (AvgIpc) is 2.71. The normalized spacial score (nSPS) is 24.0. The molecule has 0 bridgehead atoms. The Labute approximate surface area is 113 Å². The van der Waals surface area contributed by atoms with Crippen LogP contribution in [0.3, 0.4) is 0 Å². The van der Waals surface area contributed by atoms with Crippen LogP contribution in [-0.4, -0.2) is 53.7 Å². The number of ether oxygens (including phenoxy) is 2. The minimum absolute atomic E-state index is 0.00114. The second-order valence-electron chi connectivity index (χ2n) is 5.41. The van der Waals surface area contributed by atoms with Crippen LogP contribution in [0.25, 0.3) is 0 Å². The van der Waals surface area contributed by atoms with E-state index in [0.717, 1.165) is 17.9 Å². The molecule has 18 heavy (non-hydrogen) atoms. The highest BCUT2D eigenvalue weighted by Crippen LogP contribution is 2.30. The van der Waals surface area contributed by atoms with Crippen LogP contribution in [0.15, 0.2) is 0 Å². The van der Waals surface area contributed by atoms with Crippen molar-refractivity contribution in [2.75, 3.05) is 31.3 Å². The van der Waals surface area contributed by atoms with Gasteiger partial charge in [-0.05, 0) is 32.9 Å². The van der Waals surface area contributed by atoms with Gasteiger partial charge in [-0.2, -0.15) is 11.8 Å². The molecular formula is C12H23NO4S. The number of nitrogens with one attached hydrogen (secondary N) is 1. The highest BCUT2D eigenvalue weighted by Gasteiger charge is 2.36. The number of aliphatic hydroxyl groups excluding tert-OH is 1. The molecule has 0 radical (unpaired) electrons. The van der Waals surface area contributed by atoms with Crippen LogP contribution < -0.4 is 5.32 Å². The molecule has 1 saturated heterocycles. The SMILES string of the molecule is CC(C)(C)OC(=O)NCC1(OCCO)CCSC1. The Morgan fingerprint density at radius 1 is 1.50 bits per heavy atom. The number of alkyl carbamates (subject to hydrolysis) is 1. The van der Waals surface area contributed by atoms with Crippen LogP contribution in [-0.2, 0) is 9.47 Å². The van der Waals surface area contributed by atoms with Gasteiger partial charge in [0.2, 0.25) is 0 Å². The first-order valence-electron chi connectivity index (χ1n) is 6.16. The summed E-state index contributed by atoms with van der Waals surface area (Å²) in [6.45, 7) is 6.21. The van der Waals surface area contributed by atoms with Gasteiger partial charge in [-0.3, -0.25) is 0 Å². The summed E-state index contributed by atoms with van der Waals surface area (Å²) in [6, 6.07) is 0. The highest BCUT2D eigenvalue weighted by molar-refractivity contribution is 7.99. The molecule has 2 N–H and O–H groups in total. The Balaban J connectivity index is 2.40. The predicted molar refractivity (Wildman–Crippen MR) is 71.9 cm³/mol. The first-order chi connectivity index (χ1) is 8.37. The van der Waals surface area contributed by atoms with Crippen molar-refractivity contribution < 1.29 is 19.4 Å². The summed E-state index contributed by atoms with van der Waals surface area (Å²) in [5, 5.41) is 11.6. The first kappa shape index (κ1) is 15.6. The molecule has 6 heteroatoms. The lowest BCUT2D eigenvalue weighted by atomic mass is 10.0. The molecule has 0 aromatic carbocycles. The van der Waals surface area contributed by atoms with Crippen molar-refractivity contribution in [3.8, 4) is 0 Å². The second-order valence-corrected chi connectivity index (χ2v) is 6.52. The zero-order valence-corrected chi connectivity index (χ0v) is 12.1. The maximum absolute atomic E-state index is 11.6. The summed E-state index contributed by atoms with van der Waals surface area (Å²) < 4.78 is 10.9. The van der Waals surface area contributed by atoms with E-state index in [1.165, 1.54) is 0 Å². The lowest BCUT2D eigenvalue weighted by Crippen LogP contribution is -2.47. The van der Waals surface area contributed by atoms with Crippen molar-refractivity contribution in [3.05, 3.63) is 0 Å². The summed E-state index contributed by atoms with van der Waals surface area (Å²) in [5.74, 6) is 1.85. The van der Waals surface area contributed by atoms with Gasteiger partial charge in [0.25, 0.3) is 0 Å². The quantitative estimate of drug-likeness (QED) is 0.795. The van der Waals surface area contributed by atoms with Crippen molar-refractivity contribution in [3.63, 3.8) is 0 Å². The van der Waals surface area contributed by atoms with E-state index in [1.54, 1.807) is 11.8 Å². The van der Waals surface area contributed by atoms with Crippen molar-refractivity contribution in [1.82, 2.24) is 5.32 Å².